The van der Waals surface area contributed by atoms with Gasteiger partial charge in [0.2, 0.25) is 12.2 Å². The Bertz CT molecular complexity index is 1430. The van der Waals surface area contributed by atoms with E-state index in [9.17, 15) is 15.0 Å². The van der Waals surface area contributed by atoms with E-state index < -0.39 is 30.0 Å². The van der Waals surface area contributed by atoms with Crippen molar-refractivity contribution in [2.75, 3.05) is 6.54 Å². The van der Waals surface area contributed by atoms with E-state index in [4.69, 9.17) is 9.47 Å². The first-order valence-electron chi connectivity index (χ1n) is 14.1. The zero-order chi connectivity index (χ0) is 29.0. The van der Waals surface area contributed by atoms with Crippen LogP contribution in [0.5, 0.6) is 5.75 Å². The Morgan fingerprint density at radius 3 is 2.15 bits per heavy atom. The molecule has 6 nitrogen and oxygen atoms in total. The summed E-state index contributed by atoms with van der Waals surface area (Å²) >= 11 is 0. The molecule has 1 heterocycles. The third-order valence-corrected chi connectivity index (χ3v) is 7.92. The van der Waals surface area contributed by atoms with Crippen molar-refractivity contribution in [3.8, 4) is 16.9 Å². The first kappa shape index (κ1) is 28.6. The monoisotopic (exact) mass is 551 g/mol. The Morgan fingerprint density at radius 2 is 1.54 bits per heavy atom. The molecule has 0 bridgehead atoms. The summed E-state index contributed by atoms with van der Waals surface area (Å²) in [4.78, 5) is 11.5. The van der Waals surface area contributed by atoms with E-state index >= 15 is 0 Å². The topological polar surface area (TPSA) is 88.0 Å². The average Bonchev–Trinajstić information content (AvgIpc) is 2.99. The van der Waals surface area contributed by atoms with E-state index in [0.29, 0.717) is 18.7 Å². The van der Waals surface area contributed by atoms with Gasteiger partial charge in [0.05, 0.1) is 6.10 Å². The fourth-order valence-corrected chi connectivity index (χ4v) is 5.79. The number of hydrogen-bond donors (Lipinski definition) is 3. The van der Waals surface area contributed by atoms with Crippen molar-refractivity contribution in [3.05, 3.63) is 125 Å². The Balaban J connectivity index is 1.53. The SMILES string of the molecule is CC(=O)NCCc1ccc(O[C@@H]2OC(c3ccccc3)(c3ccccc3)[C@H](C)[C@@H](O)[C@H]2O)cc1-c1cccc(C)c1. The van der Waals surface area contributed by atoms with Crippen molar-refractivity contribution < 1.29 is 24.5 Å². The summed E-state index contributed by atoms with van der Waals surface area (Å²) in [5, 5.41) is 25.4. The Labute approximate surface area is 241 Å². The highest BCUT2D eigenvalue weighted by atomic mass is 16.7. The molecule has 1 saturated heterocycles. The number of aryl methyl sites for hydroxylation is 1. The number of nitrogens with one attached hydrogen (secondary N) is 1. The third-order valence-electron chi connectivity index (χ3n) is 7.92. The first-order valence-corrected chi connectivity index (χ1v) is 14.1. The maximum absolute atomic E-state index is 11.5. The molecule has 1 fully saturated rings. The van der Waals surface area contributed by atoms with Crippen LogP contribution in [0.1, 0.15) is 36.1 Å². The summed E-state index contributed by atoms with van der Waals surface area (Å²) in [5.41, 5.74) is 4.85. The molecule has 212 valence electrons. The van der Waals surface area contributed by atoms with Crippen LogP contribution in [0.15, 0.2) is 103 Å². The van der Waals surface area contributed by atoms with Crippen molar-refractivity contribution in [2.24, 2.45) is 5.92 Å². The van der Waals surface area contributed by atoms with Crippen LogP contribution in [-0.2, 0) is 21.6 Å². The van der Waals surface area contributed by atoms with E-state index in [2.05, 4.69) is 11.4 Å². The minimum atomic E-state index is -1.27. The fourth-order valence-electron chi connectivity index (χ4n) is 5.79. The molecule has 0 aliphatic carbocycles. The largest absolute Gasteiger partial charge is 0.462 e. The second kappa shape index (κ2) is 12.3. The maximum Gasteiger partial charge on any atom is 0.229 e. The number of rotatable bonds is 8. The molecule has 4 aromatic rings. The van der Waals surface area contributed by atoms with Crippen LogP contribution >= 0.6 is 0 Å². The average molecular weight is 552 g/mol. The van der Waals surface area contributed by atoms with Gasteiger partial charge >= 0.3 is 0 Å². The highest BCUT2D eigenvalue weighted by Gasteiger charge is 2.54. The van der Waals surface area contributed by atoms with Gasteiger partial charge in [-0.1, -0.05) is 103 Å². The van der Waals surface area contributed by atoms with E-state index in [-0.39, 0.29) is 5.91 Å². The molecule has 1 aliphatic heterocycles. The molecule has 0 spiro atoms. The summed E-state index contributed by atoms with van der Waals surface area (Å²) < 4.78 is 13.1. The lowest BCUT2D eigenvalue weighted by Gasteiger charge is -2.50. The molecular formula is C35H37NO5. The zero-order valence-electron chi connectivity index (χ0n) is 23.7. The predicted octanol–water partition coefficient (Wildman–Crippen LogP) is 5.38. The van der Waals surface area contributed by atoms with Gasteiger partial charge in [0.1, 0.15) is 17.5 Å². The molecule has 0 radical (unpaired) electrons. The highest BCUT2D eigenvalue weighted by Crippen LogP contribution is 2.47. The van der Waals surface area contributed by atoms with Gasteiger partial charge in [-0.3, -0.25) is 4.79 Å². The number of aliphatic hydroxyl groups excluding tert-OH is 2. The number of hydrogen-bond acceptors (Lipinski definition) is 5. The smallest absolute Gasteiger partial charge is 0.229 e. The van der Waals surface area contributed by atoms with Crippen LogP contribution in [0.25, 0.3) is 11.1 Å². The van der Waals surface area contributed by atoms with Crippen molar-refractivity contribution in [1.82, 2.24) is 5.32 Å². The summed E-state index contributed by atoms with van der Waals surface area (Å²) in [7, 11) is 0. The van der Waals surface area contributed by atoms with Gasteiger partial charge in [-0.25, -0.2) is 0 Å². The standard InChI is InChI=1S/C35H37NO5/c1-23-11-10-12-27(21-23)31-22-30(18-17-26(31)19-20-36-25(3)37)40-34-33(39)32(38)24(2)35(41-34,28-13-6-4-7-14-28)29-15-8-5-9-16-29/h4-18,21-22,24,32-34,38-39H,19-20H2,1-3H3,(H,36,37)/t24-,32-,33-,34-/m1/s1. The maximum atomic E-state index is 11.5. The molecule has 4 aromatic carbocycles. The molecule has 1 aliphatic rings. The molecule has 41 heavy (non-hydrogen) atoms. The van der Waals surface area contributed by atoms with Crippen LogP contribution < -0.4 is 10.1 Å². The molecule has 3 N–H and O–H groups in total. The van der Waals surface area contributed by atoms with Crippen LogP contribution in [0.4, 0.5) is 0 Å². The lowest BCUT2D eigenvalue weighted by Crippen LogP contribution is -2.60. The fraction of sp³-hybridized carbons (Fsp3) is 0.286. The summed E-state index contributed by atoms with van der Waals surface area (Å²) in [6.07, 6.45) is -2.88. The number of benzene rings is 4. The van der Waals surface area contributed by atoms with E-state index in [1.807, 2.05) is 111 Å². The van der Waals surface area contributed by atoms with Crippen molar-refractivity contribution >= 4 is 5.91 Å². The second-order valence-corrected chi connectivity index (χ2v) is 10.8. The summed E-state index contributed by atoms with van der Waals surface area (Å²) in [6, 6.07) is 33.5. The lowest BCUT2D eigenvalue weighted by molar-refractivity contribution is -0.287. The molecule has 1 amide bonds. The van der Waals surface area contributed by atoms with Crippen LogP contribution in [0.2, 0.25) is 0 Å². The van der Waals surface area contributed by atoms with Crippen molar-refractivity contribution in [2.45, 2.75) is 51.3 Å². The Kier molecular flexibility index (Phi) is 8.54. The van der Waals surface area contributed by atoms with Gasteiger partial charge < -0.3 is 25.0 Å². The van der Waals surface area contributed by atoms with Crippen molar-refractivity contribution in [3.63, 3.8) is 0 Å². The highest BCUT2D eigenvalue weighted by molar-refractivity contribution is 5.73. The first-order chi connectivity index (χ1) is 19.8. The predicted molar refractivity (Wildman–Crippen MR) is 159 cm³/mol. The molecule has 4 atom stereocenters. The van der Waals surface area contributed by atoms with Crippen LogP contribution in [-0.4, -0.2) is 41.2 Å². The number of aliphatic hydroxyl groups is 2. The van der Waals surface area contributed by atoms with E-state index in [1.165, 1.54) is 6.92 Å². The summed E-state index contributed by atoms with van der Waals surface area (Å²) in [6.45, 7) is 5.96. The molecule has 5 rings (SSSR count). The Morgan fingerprint density at radius 1 is 0.878 bits per heavy atom. The third kappa shape index (κ3) is 5.91. The van der Waals surface area contributed by atoms with Gasteiger partial charge in [-0.15, -0.1) is 0 Å². The molecule has 6 heteroatoms. The van der Waals surface area contributed by atoms with Crippen molar-refractivity contribution in [1.29, 1.82) is 0 Å². The van der Waals surface area contributed by atoms with E-state index in [0.717, 1.165) is 33.4 Å². The normalized spacial score (nSPS) is 21.7. The number of amides is 1. The van der Waals surface area contributed by atoms with E-state index in [1.54, 1.807) is 0 Å². The summed E-state index contributed by atoms with van der Waals surface area (Å²) in [5.74, 6) is -0.0367. The second-order valence-electron chi connectivity index (χ2n) is 10.8. The van der Waals surface area contributed by atoms with Gasteiger partial charge in [0.25, 0.3) is 0 Å². The van der Waals surface area contributed by atoms with Gasteiger partial charge in [-0.2, -0.15) is 0 Å². The van der Waals surface area contributed by atoms with Gasteiger partial charge in [-0.05, 0) is 53.3 Å². The number of ether oxygens (including phenoxy) is 2. The van der Waals surface area contributed by atoms with Gasteiger partial charge in [0.15, 0.2) is 0 Å². The zero-order valence-corrected chi connectivity index (χ0v) is 23.7. The lowest BCUT2D eigenvalue weighted by atomic mass is 9.71. The van der Waals surface area contributed by atoms with Gasteiger partial charge in [0, 0.05) is 19.4 Å². The molecule has 0 unspecified atom stereocenters. The van der Waals surface area contributed by atoms with Crippen LogP contribution in [0, 0.1) is 12.8 Å². The minimum absolute atomic E-state index is 0.0707. The number of carbonyl (C=O) groups is 1. The van der Waals surface area contributed by atoms with Crippen LogP contribution in [0.3, 0.4) is 0 Å². The quantitative estimate of drug-likeness (QED) is 0.274. The molecular weight excluding hydrogens is 514 g/mol. The minimum Gasteiger partial charge on any atom is -0.462 e. The number of carbonyl (C=O) groups excluding carboxylic acids is 1. The Hall–Kier alpha value is -3.97. The molecule has 0 saturated carbocycles. The molecule has 0 aromatic heterocycles.